The van der Waals surface area contributed by atoms with Crippen molar-refractivity contribution in [2.24, 2.45) is 0 Å². The zero-order valence-electron chi connectivity index (χ0n) is 11.6. The largest absolute Gasteiger partial charge is 0.433 e. The smallest absolute Gasteiger partial charge is 0.338 e. The Balaban J connectivity index is 2.18. The molecule has 0 amide bonds. The van der Waals surface area contributed by atoms with Crippen molar-refractivity contribution >= 4 is 17.3 Å². The Morgan fingerprint density at radius 1 is 1.24 bits per heavy atom. The van der Waals surface area contributed by atoms with Crippen LogP contribution in [0.15, 0.2) is 23.8 Å². The van der Waals surface area contributed by atoms with Crippen molar-refractivity contribution in [3.8, 4) is 0 Å². The van der Waals surface area contributed by atoms with Gasteiger partial charge in [-0.2, -0.15) is 13.2 Å². The van der Waals surface area contributed by atoms with Gasteiger partial charge in [0.25, 0.3) is 0 Å². The zero-order chi connectivity index (χ0) is 15.5. The molecule has 0 fully saturated rings. The van der Waals surface area contributed by atoms with E-state index in [-0.39, 0.29) is 12.0 Å². The van der Waals surface area contributed by atoms with E-state index >= 15 is 0 Å². The molecule has 0 aliphatic rings. The summed E-state index contributed by atoms with van der Waals surface area (Å²) in [6.45, 7) is 4.31. The molecule has 0 atom stereocenters. The minimum atomic E-state index is -4.46. The summed E-state index contributed by atoms with van der Waals surface area (Å²) in [5, 5.41) is 2.81. The van der Waals surface area contributed by atoms with Crippen LogP contribution in [0.4, 0.5) is 19.1 Å². The first-order valence-corrected chi connectivity index (χ1v) is 7.31. The summed E-state index contributed by atoms with van der Waals surface area (Å²) >= 11 is 1.52. The van der Waals surface area contributed by atoms with Gasteiger partial charge in [-0.3, -0.25) is 0 Å². The second-order valence-corrected chi connectivity index (χ2v) is 5.68. The van der Waals surface area contributed by atoms with Gasteiger partial charge in [-0.15, -0.1) is 11.3 Å². The number of nitrogens with zero attached hydrogens (tertiary/aromatic N) is 4. The van der Waals surface area contributed by atoms with E-state index in [1.54, 1.807) is 11.1 Å². The van der Waals surface area contributed by atoms with Crippen molar-refractivity contribution in [1.29, 1.82) is 0 Å². The molecule has 0 bridgehead atoms. The predicted octanol–water partition coefficient (Wildman–Crippen LogP) is 3.41. The predicted molar refractivity (Wildman–Crippen MR) is 75.3 cm³/mol. The van der Waals surface area contributed by atoms with E-state index in [4.69, 9.17) is 0 Å². The third-order valence-corrected chi connectivity index (χ3v) is 3.70. The second-order valence-electron chi connectivity index (χ2n) is 4.70. The second kappa shape index (κ2) is 6.38. The van der Waals surface area contributed by atoms with E-state index in [1.807, 2.05) is 19.2 Å². The number of aromatic nitrogens is 3. The highest BCUT2D eigenvalue weighted by molar-refractivity contribution is 7.09. The molecule has 0 aliphatic heterocycles. The molecule has 0 unspecified atom stereocenters. The van der Waals surface area contributed by atoms with Gasteiger partial charge in [-0.05, 0) is 19.9 Å². The van der Waals surface area contributed by atoms with E-state index in [0.29, 0.717) is 13.0 Å². The Bertz CT molecular complexity index is 569. The number of hydrogen-bond donors (Lipinski definition) is 0. The number of anilines is 1. The van der Waals surface area contributed by atoms with Crippen LogP contribution in [0.2, 0.25) is 0 Å². The van der Waals surface area contributed by atoms with Crippen molar-refractivity contribution in [2.45, 2.75) is 32.5 Å². The number of rotatable bonds is 5. The topological polar surface area (TPSA) is 41.9 Å². The number of alkyl halides is 3. The maximum Gasteiger partial charge on any atom is 0.433 e. The van der Waals surface area contributed by atoms with Crippen molar-refractivity contribution in [1.82, 2.24) is 15.0 Å². The van der Waals surface area contributed by atoms with Gasteiger partial charge in [0, 0.05) is 36.8 Å². The lowest BCUT2D eigenvalue weighted by molar-refractivity contribution is -0.141. The van der Waals surface area contributed by atoms with Gasteiger partial charge in [0.1, 0.15) is 5.69 Å². The van der Waals surface area contributed by atoms with Crippen molar-refractivity contribution in [3.63, 3.8) is 0 Å². The minimum Gasteiger partial charge on any atom is -0.338 e. The highest BCUT2D eigenvalue weighted by Crippen LogP contribution is 2.28. The van der Waals surface area contributed by atoms with Crippen LogP contribution >= 0.6 is 11.3 Å². The fourth-order valence-electron chi connectivity index (χ4n) is 1.83. The standard InChI is InChI=1S/C13H15F3N4S/c1-9(2)20(7-4-11-17-6-8-21-11)12-18-5-3-10(19-12)13(14,15)16/h3,5-6,8-9H,4,7H2,1-2H3. The molecule has 0 saturated heterocycles. The highest BCUT2D eigenvalue weighted by Gasteiger charge is 2.33. The molecule has 4 nitrogen and oxygen atoms in total. The SMILES string of the molecule is CC(C)N(CCc1nccs1)c1nccc(C(F)(F)F)n1. The molecule has 21 heavy (non-hydrogen) atoms. The summed E-state index contributed by atoms with van der Waals surface area (Å²) in [6.07, 6.45) is -0.963. The van der Waals surface area contributed by atoms with E-state index in [0.717, 1.165) is 17.3 Å². The van der Waals surface area contributed by atoms with Gasteiger partial charge in [0.15, 0.2) is 0 Å². The average Bonchev–Trinajstić information content (AvgIpc) is 2.91. The van der Waals surface area contributed by atoms with Crippen molar-refractivity contribution in [3.05, 3.63) is 34.5 Å². The minimum absolute atomic E-state index is 0.00607. The van der Waals surface area contributed by atoms with Crippen molar-refractivity contribution < 1.29 is 13.2 Å². The van der Waals surface area contributed by atoms with E-state index in [1.165, 1.54) is 11.3 Å². The van der Waals surface area contributed by atoms with Gasteiger partial charge < -0.3 is 4.90 Å². The fraction of sp³-hybridized carbons (Fsp3) is 0.462. The Kier molecular flexibility index (Phi) is 4.76. The Hall–Kier alpha value is -1.70. The van der Waals surface area contributed by atoms with Crippen LogP contribution < -0.4 is 4.90 Å². The average molecular weight is 316 g/mol. The summed E-state index contributed by atoms with van der Waals surface area (Å²) in [5.74, 6) is 0.0939. The molecule has 0 aliphatic carbocycles. The van der Waals surface area contributed by atoms with Gasteiger partial charge in [-0.1, -0.05) is 0 Å². The molecule has 114 valence electrons. The first-order chi connectivity index (χ1) is 9.88. The Morgan fingerprint density at radius 2 is 2.00 bits per heavy atom. The van der Waals surface area contributed by atoms with E-state index in [2.05, 4.69) is 15.0 Å². The third kappa shape index (κ3) is 4.13. The summed E-state index contributed by atoms with van der Waals surface area (Å²) in [7, 11) is 0. The molecule has 0 N–H and O–H groups in total. The first kappa shape index (κ1) is 15.7. The lowest BCUT2D eigenvalue weighted by atomic mass is 10.3. The first-order valence-electron chi connectivity index (χ1n) is 6.43. The van der Waals surface area contributed by atoms with Crippen LogP contribution in [0.3, 0.4) is 0 Å². The van der Waals surface area contributed by atoms with Gasteiger partial charge in [0.2, 0.25) is 5.95 Å². The number of halogens is 3. The van der Waals surface area contributed by atoms with Gasteiger partial charge >= 0.3 is 6.18 Å². The molecule has 2 aromatic heterocycles. The molecular weight excluding hydrogens is 301 g/mol. The van der Waals surface area contributed by atoms with Crippen LogP contribution in [0.25, 0.3) is 0 Å². The molecule has 0 spiro atoms. The maximum absolute atomic E-state index is 12.7. The zero-order valence-corrected chi connectivity index (χ0v) is 12.4. The van der Waals surface area contributed by atoms with Crippen molar-refractivity contribution in [2.75, 3.05) is 11.4 Å². The summed E-state index contributed by atoms with van der Waals surface area (Å²) < 4.78 is 38.2. The van der Waals surface area contributed by atoms with E-state index in [9.17, 15) is 13.2 Å². The number of hydrogen-bond acceptors (Lipinski definition) is 5. The molecule has 8 heteroatoms. The highest BCUT2D eigenvalue weighted by atomic mass is 32.1. The van der Waals surface area contributed by atoms with Crippen LogP contribution in [-0.4, -0.2) is 27.5 Å². The van der Waals surface area contributed by atoms with Gasteiger partial charge in [-0.25, -0.2) is 15.0 Å². The van der Waals surface area contributed by atoms with Crippen LogP contribution in [-0.2, 0) is 12.6 Å². The summed E-state index contributed by atoms with van der Waals surface area (Å²) in [6, 6.07) is 0.872. The molecule has 0 aromatic carbocycles. The van der Waals surface area contributed by atoms with Gasteiger partial charge in [0.05, 0.1) is 5.01 Å². The fourth-order valence-corrected chi connectivity index (χ4v) is 2.44. The lowest BCUT2D eigenvalue weighted by Gasteiger charge is -2.26. The molecule has 2 aromatic rings. The van der Waals surface area contributed by atoms with Crippen LogP contribution in [0.5, 0.6) is 0 Å². The molecule has 0 saturated carbocycles. The number of thiazole rings is 1. The van der Waals surface area contributed by atoms with Crippen LogP contribution in [0.1, 0.15) is 24.5 Å². The Labute approximate surface area is 124 Å². The molecule has 2 rings (SSSR count). The molecular formula is C13H15F3N4S. The molecule has 0 radical (unpaired) electrons. The van der Waals surface area contributed by atoms with Crippen LogP contribution in [0, 0.1) is 0 Å². The quantitative estimate of drug-likeness (QED) is 0.848. The van der Waals surface area contributed by atoms with E-state index < -0.39 is 11.9 Å². The summed E-state index contributed by atoms with van der Waals surface area (Å²) in [4.78, 5) is 13.5. The normalized spacial score (nSPS) is 11.9. The third-order valence-electron chi connectivity index (χ3n) is 2.86. The maximum atomic E-state index is 12.7. The Morgan fingerprint density at radius 3 is 2.57 bits per heavy atom. The summed E-state index contributed by atoms with van der Waals surface area (Å²) in [5.41, 5.74) is -0.924. The molecule has 2 heterocycles. The monoisotopic (exact) mass is 316 g/mol. The lowest BCUT2D eigenvalue weighted by Crippen LogP contribution is -2.34.